The Hall–Kier alpha value is 0.230. The Morgan fingerprint density at radius 2 is 2.33 bits per heavy atom. The fraction of sp³-hybridized carbons (Fsp3) is 1.00. The highest BCUT2D eigenvalue weighted by molar-refractivity contribution is 7.80. The number of hydrogen-bond donors (Lipinski definition) is 2. The van der Waals surface area contributed by atoms with Crippen molar-refractivity contribution in [2.75, 3.05) is 32.8 Å². The summed E-state index contributed by atoms with van der Waals surface area (Å²) in [7, 11) is 0. The van der Waals surface area contributed by atoms with Gasteiger partial charge in [-0.1, -0.05) is 0 Å². The van der Waals surface area contributed by atoms with Crippen LogP contribution in [0.3, 0.4) is 0 Å². The predicted molar refractivity (Wildman–Crippen MR) is 53.5 cm³/mol. The molecular weight excluding hydrogens is 172 g/mol. The Morgan fingerprint density at radius 1 is 1.50 bits per heavy atom. The van der Waals surface area contributed by atoms with Gasteiger partial charge in [0.05, 0.1) is 6.61 Å². The van der Waals surface area contributed by atoms with E-state index in [-0.39, 0.29) is 5.44 Å². The van der Waals surface area contributed by atoms with Crippen LogP contribution in [0.2, 0.25) is 0 Å². The third-order valence-electron chi connectivity index (χ3n) is 2.06. The third kappa shape index (κ3) is 3.76. The quantitative estimate of drug-likeness (QED) is 0.495. The van der Waals surface area contributed by atoms with E-state index in [0.29, 0.717) is 0 Å². The minimum absolute atomic E-state index is 0.108. The van der Waals surface area contributed by atoms with Gasteiger partial charge >= 0.3 is 0 Å². The highest BCUT2D eigenvalue weighted by Crippen LogP contribution is 2.08. The maximum atomic E-state index is 5.41. The molecule has 0 bridgehead atoms. The van der Waals surface area contributed by atoms with E-state index in [1.165, 1.54) is 6.42 Å². The smallest absolute Gasteiger partial charge is 0.113 e. The first-order chi connectivity index (χ1) is 5.83. The monoisotopic (exact) mass is 190 g/mol. The fourth-order valence-corrected chi connectivity index (χ4v) is 1.70. The Bertz CT molecular complexity index is 124. The number of nitrogens with zero attached hydrogens (tertiary/aromatic N) is 1. The van der Waals surface area contributed by atoms with Crippen molar-refractivity contribution in [3.8, 4) is 0 Å². The van der Waals surface area contributed by atoms with Crippen LogP contribution < -0.4 is 5.73 Å². The minimum atomic E-state index is 0.108. The standard InChI is InChI=1S/C8H18N2OS/c9-3-1-2-4-10-5-6-11-8(12)7-10/h8,12H,1-7,9H2. The fourth-order valence-electron chi connectivity index (χ4n) is 1.37. The van der Waals surface area contributed by atoms with Crippen LogP contribution in [-0.4, -0.2) is 43.1 Å². The van der Waals surface area contributed by atoms with Crippen LogP contribution in [0.15, 0.2) is 0 Å². The van der Waals surface area contributed by atoms with Crippen LogP contribution in [0.5, 0.6) is 0 Å². The van der Waals surface area contributed by atoms with Gasteiger partial charge in [0.2, 0.25) is 0 Å². The van der Waals surface area contributed by atoms with E-state index in [4.69, 9.17) is 10.5 Å². The summed E-state index contributed by atoms with van der Waals surface area (Å²) in [6, 6.07) is 0. The van der Waals surface area contributed by atoms with Crippen molar-refractivity contribution in [3.05, 3.63) is 0 Å². The zero-order valence-electron chi connectivity index (χ0n) is 7.41. The number of morpholine rings is 1. The summed E-state index contributed by atoms with van der Waals surface area (Å²) >= 11 is 4.28. The lowest BCUT2D eigenvalue weighted by atomic mass is 10.3. The van der Waals surface area contributed by atoms with Gasteiger partial charge in [-0.05, 0) is 25.9 Å². The van der Waals surface area contributed by atoms with Crippen LogP contribution >= 0.6 is 12.6 Å². The summed E-state index contributed by atoms with van der Waals surface area (Å²) in [5.74, 6) is 0. The lowest BCUT2D eigenvalue weighted by Gasteiger charge is -2.30. The number of unbranched alkanes of at least 4 members (excludes halogenated alkanes) is 1. The molecule has 1 fully saturated rings. The van der Waals surface area contributed by atoms with E-state index in [2.05, 4.69) is 17.5 Å². The van der Waals surface area contributed by atoms with Crippen LogP contribution in [0, 0.1) is 0 Å². The molecule has 2 N–H and O–H groups in total. The zero-order valence-corrected chi connectivity index (χ0v) is 8.30. The Kier molecular flexibility index (Phi) is 4.99. The summed E-state index contributed by atoms with van der Waals surface area (Å²) in [4.78, 5) is 2.39. The second kappa shape index (κ2) is 5.80. The second-order valence-electron chi connectivity index (χ2n) is 3.12. The van der Waals surface area contributed by atoms with Gasteiger partial charge in [-0.15, -0.1) is 12.6 Å². The maximum absolute atomic E-state index is 5.41. The van der Waals surface area contributed by atoms with Crippen LogP contribution in [0.1, 0.15) is 12.8 Å². The van der Waals surface area contributed by atoms with Gasteiger partial charge in [-0.3, -0.25) is 4.90 Å². The van der Waals surface area contributed by atoms with Crippen molar-refractivity contribution in [1.82, 2.24) is 4.90 Å². The third-order valence-corrected chi connectivity index (χ3v) is 2.37. The Labute approximate surface area is 79.7 Å². The van der Waals surface area contributed by atoms with Crippen LogP contribution in [-0.2, 0) is 4.74 Å². The van der Waals surface area contributed by atoms with Gasteiger partial charge in [0.1, 0.15) is 5.44 Å². The molecule has 1 atom stereocenters. The van der Waals surface area contributed by atoms with E-state index in [1.807, 2.05) is 0 Å². The highest BCUT2D eigenvalue weighted by atomic mass is 32.1. The molecule has 72 valence electrons. The molecule has 0 aromatic heterocycles. The molecular formula is C8H18N2OS. The van der Waals surface area contributed by atoms with Crippen molar-refractivity contribution in [1.29, 1.82) is 0 Å². The van der Waals surface area contributed by atoms with E-state index < -0.39 is 0 Å². The van der Waals surface area contributed by atoms with E-state index in [1.54, 1.807) is 0 Å². The maximum Gasteiger partial charge on any atom is 0.113 e. The van der Waals surface area contributed by atoms with Crippen molar-refractivity contribution in [2.24, 2.45) is 5.73 Å². The number of rotatable bonds is 4. The molecule has 0 radical (unpaired) electrons. The molecule has 12 heavy (non-hydrogen) atoms. The van der Waals surface area contributed by atoms with E-state index in [9.17, 15) is 0 Å². The van der Waals surface area contributed by atoms with Crippen molar-refractivity contribution < 1.29 is 4.74 Å². The molecule has 0 aromatic rings. The SMILES string of the molecule is NCCCCN1CCOC(S)C1. The first kappa shape index (κ1) is 10.3. The normalized spacial score (nSPS) is 26.0. The van der Waals surface area contributed by atoms with Crippen LogP contribution in [0.4, 0.5) is 0 Å². The van der Waals surface area contributed by atoms with Gasteiger partial charge in [-0.2, -0.15) is 0 Å². The summed E-state index contributed by atoms with van der Waals surface area (Å²) in [5, 5.41) is 0. The molecule has 0 saturated carbocycles. The molecule has 0 spiro atoms. The topological polar surface area (TPSA) is 38.5 Å². The molecule has 1 aliphatic rings. The number of hydrogen-bond acceptors (Lipinski definition) is 4. The number of thiol groups is 1. The summed E-state index contributed by atoms with van der Waals surface area (Å²) in [6.07, 6.45) is 2.31. The van der Waals surface area contributed by atoms with Gasteiger partial charge in [0.15, 0.2) is 0 Å². The van der Waals surface area contributed by atoms with Crippen molar-refractivity contribution >= 4 is 12.6 Å². The summed E-state index contributed by atoms with van der Waals surface area (Å²) in [5.41, 5.74) is 5.52. The van der Waals surface area contributed by atoms with E-state index >= 15 is 0 Å². The highest BCUT2D eigenvalue weighted by Gasteiger charge is 2.15. The largest absolute Gasteiger partial charge is 0.365 e. The first-order valence-corrected chi connectivity index (χ1v) is 5.06. The van der Waals surface area contributed by atoms with Gasteiger partial charge in [-0.25, -0.2) is 0 Å². The molecule has 1 heterocycles. The number of nitrogens with two attached hydrogens (primary N) is 1. The van der Waals surface area contributed by atoms with Crippen molar-refractivity contribution in [3.63, 3.8) is 0 Å². The molecule has 0 aromatic carbocycles. The van der Waals surface area contributed by atoms with Gasteiger partial charge < -0.3 is 10.5 Å². The average Bonchev–Trinajstić information content (AvgIpc) is 2.05. The summed E-state index contributed by atoms with van der Waals surface area (Å²) < 4.78 is 5.31. The average molecular weight is 190 g/mol. The molecule has 1 rings (SSSR count). The molecule has 4 heteroatoms. The Balaban J connectivity index is 2.06. The van der Waals surface area contributed by atoms with Crippen molar-refractivity contribution in [2.45, 2.75) is 18.3 Å². The second-order valence-corrected chi connectivity index (χ2v) is 3.70. The van der Waals surface area contributed by atoms with Gasteiger partial charge in [0.25, 0.3) is 0 Å². The number of ether oxygens (including phenoxy) is 1. The minimum Gasteiger partial charge on any atom is -0.365 e. The first-order valence-electron chi connectivity index (χ1n) is 4.55. The predicted octanol–water partition coefficient (Wildman–Crippen LogP) is 0.313. The lowest BCUT2D eigenvalue weighted by Crippen LogP contribution is -2.40. The lowest BCUT2D eigenvalue weighted by molar-refractivity contribution is 0.0187. The molecule has 0 amide bonds. The Morgan fingerprint density at radius 3 is 3.00 bits per heavy atom. The molecule has 1 unspecified atom stereocenters. The molecule has 3 nitrogen and oxygen atoms in total. The van der Waals surface area contributed by atoms with E-state index in [0.717, 1.165) is 39.2 Å². The van der Waals surface area contributed by atoms with Gasteiger partial charge in [0, 0.05) is 13.1 Å². The summed E-state index contributed by atoms with van der Waals surface area (Å²) in [6.45, 7) is 4.75. The zero-order chi connectivity index (χ0) is 8.81. The molecule has 1 aliphatic heterocycles. The molecule has 0 aliphatic carbocycles. The van der Waals surface area contributed by atoms with Crippen LogP contribution in [0.25, 0.3) is 0 Å². The molecule has 1 saturated heterocycles.